The fourth-order valence-electron chi connectivity index (χ4n) is 3.95. The number of nitrogens with zero attached hydrogens (tertiary/aromatic N) is 4. The number of hydrazine groups is 1. The molecule has 1 aromatic carbocycles. The zero-order valence-corrected chi connectivity index (χ0v) is 20.0. The third-order valence-corrected chi connectivity index (χ3v) is 6.28. The predicted molar refractivity (Wildman–Crippen MR) is 129 cm³/mol. The van der Waals surface area contributed by atoms with Gasteiger partial charge in [-0.25, -0.2) is 15.0 Å². The number of benzene rings is 1. The van der Waals surface area contributed by atoms with Crippen molar-refractivity contribution in [3.8, 4) is 17.2 Å². The lowest BCUT2D eigenvalue weighted by Crippen LogP contribution is -2.43. The Morgan fingerprint density at radius 3 is 2.41 bits per heavy atom. The van der Waals surface area contributed by atoms with E-state index in [-0.39, 0.29) is 5.91 Å². The Balaban J connectivity index is 1.83. The summed E-state index contributed by atoms with van der Waals surface area (Å²) in [5.74, 6) is 0.840. The second-order valence-electron chi connectivity index (χ2n) is 7.72. The maximum Gasteiger partial charge on any atom is 0.286 e. The zero-order valence-electron chi connectivity index (χ0n) is 17.7. The highest BCUT2D eigenvalue weighted by Gasteiger charge is 2.26. The van der Waals surface area contributed by atoms with Gasteiger partial charge in [-0.15, -0.1) is 0 Å². The number of nitrogens with one attached hydrogen (secondary N) is 1. The molecule has 0 radical (unpaired) electrons. The van der Waals surface area contributed by atoms with Crippen LogP contribution in [0.5, 0.6) is 0 Å². The van der Waals surface area contributed by atoms with E-state index >= 15 is 0 Å². The molecular weight excluding hydrogens is 469 g/mol. The molecule has 9 heteroatoms. The Labute approximate surface area is 202 Å². The van der Waals surface area contributed by atoms with Gasteiger partial charge in [-0.05, 0) is 43.5 Å². The molecule has 168 valence electrons. The van der Waals surface area contributed by atoms with Crippen molar-refractivity contribution in [1.29, 1.82) is 0 Å². The normalized spacial score (nSPS) is 14.9. The molecule has 2 aromatic heterocycles. The van der Waals surface area contributed by atoms with Crippen LogP contribution in [0.1, 0.15) is 48.8 Å². The van der Waals surface area contributed by atoms with Gasteiger partial charge in [0.1, 0.15) is 11.6 Å². The molecule has 3 aromatic rings. The Hall–Kier alpha value is -2.12. The van der Waals surface area contributed by atoms with E-state index in [9.17, 15) is 4.79 Å². The van der Waals surface area contributed by atoms with Crippen LogP contribution in [-0.4, -0.2) is 38.5 Å². The average molecular weight is 493 g/mol. The fourth-order valence-corrected chi connectivity index (χ4v) is 4.60. The molecule has 1 saturated heterocycles. The molecule has 1 aliphatic heterocycles. The van der Waals surface area contributed by atoms with Gasteiger partial charge in [-0.2, -0.15) is 0 Å². The largest absolute Gasteiger partial charge is 0.286 e. The number of amides is 1. The summed E-state index contributed by atoms with van der Waals surface area (Å²) < 4.78 is 1.85. The van der Waals surface area contributed by atoms with Crippen LogP contribution in [0.4, 0.5) is 0 Å². The van der Waals surface area contributed by atoms with Gasteiger partial charge in [0.15, 0.2) is 5.69 Å². The maximum absolute atomic E-state index is 13.3. The van der Waals surface area contributed by atoms with Crippen molar-refractivity contribution in [3.05, 3.63) is 63.0 Å². The number of imidazole rings is 1. The van der Waals surface area contributed by atoms with Crippen molar-refractivity contribution in [2.75, 3.05) is 13.1 Å². The van der Waals surface area contributed by atoms with E-state index in [0.717, 1.165) is 31.6 Å². The third kappa shape index (κ3) is 4.94. The van der Waals surface area contributed by atoms with Crippen LogP contribution in [0, 0.1) is 0 Å². The topological polar surface area (TPSA) is 63.1 Å². The third-order valence-electron chi connectivity index (χ3n) is 5.50. The number of aromatic nitrogens is 3. The SMILES string of the molecule is CCc1c(C(=O)NN2CCCCCC2)nc(-c2ccc(Cl)cc2Cl)n1-c1cc(Cl)ccn1. The lowest BCUT2D eigenvalue weighted by Gasteiger charge is -2.20. The minimum atomic E-state index is -0.240. The van der Waals surface area contributed by atoms with E-state index in [4.69, 9.17) is 39.8 Å². The smallest absolute Gasteiger partial charge is 0.283 e. The minimum absolute atomic E-state index is 0.240. The molecule has 1 fully saturated rings. The Morgan fingerprint density at radius 2 is 1.75 bits per heavy atom. The summed E-state index contributed by atoms with van der Waals surface area (Å²) in [6.45, 7) is 3.65. The van der Waals surface area contributed by atoms with Crippen molar-refractivity contribution in [3.63, 3.8) is 0 Å². The Morgan fingerprint density at radius 1 is 1.03 bits per heavy atom. The molecule has 0 unspecified atom stereocenters. The molecular formula is C23H24Cl3N5O. The first-order valence-corrected chi connectivity index (χ1v) is 11.9. The number of carbonyl (C=O) groups is 1. The molecule has 1 N–H and O–H groups in total. The number of hydrogen-bond acceptors (Lipinski definition) is 4. The minimum Gasteiger partial charge on any atom is -0.283 e. The number of pyridine rings is 1. The molecule has 1 aliphatic rings. The number of carbonyl (C=O) groups excluding carboxylic acids is 1. The van der Waals surface area contributed by atoms with Crippen molar-refractivity contribution in [1.82, 2.24) is 25.0 Å². The summed E-state index contributed by atoms with van der Waals surface area (Å²) in [5, 5.41) is 3.48. The van der Waals surface area contributed by atoms with Crippen molar-refractivity contribution in [2.24, 2.45) is 0 Å². The van der Waals surface area contributed by atoms with E-state index < -0.39 is 0 Å². The predicted octanol–water partition coefficient (Wildman–Crippen LogP) is 5.98. The summed E-state index contributed by atoms with van der Waals surface area (Å²) in [7, 11) is 0. The standard InChI is InChI=1S/C23H24Cl3N5O/c1-2-19-21(23(32)29-30-11-5-3-4-6-12-30)28-22(17-8-7-15(24)13-18(17)26)31(19)20-14-16(25)9-10-27-20/h7-10,13-14H,2-6,11-12H2,1H3,(H,29,32). The number of rotatable bonds is 5. The van der Waals surface area contributed by atoms with Crippen LogP contribution < -0.4 is 5.43 Å². The Kier molecular flexibility index (Phi) is 7.36. The van der Waals surface area contributed by atoms with E-state index in [2.05, 4.69) is 10.4 Å². The van der Waals surface area contributed by atoms with Crippen LogP contribution >= 0.6 is 34.8 Å². The Bertz CT molecular complexity index is 1120. The summed E-state index contributed by atoms with van der Waals surface area (Å²) >= 11 is 18.9. The van der Waals surface area contributed by atoms with Crippen molar-refractivity contribution in [2.45, 2.75) is 39.0 Å². The van der Waals surface area contributed by atoms with Gasteiger partial charge in [-0.3, -0.25) is 14.8 Å². The quantitative estimate of drug-likeness (QED) is 0.476. The van der Waals surface area contributed by atoms with Gasteiger partial charge in [-0.1, -0.05) is 54.6 Å². The summed E-state index contributed by atoms with van der Waals surface area (Å²) in [5.41, 5.74) is 4.78. The van der Waals surface area contributed by atoms with E-state index in [1.807, 2.05) is 16.5 Å². The van der Waals surface area contributed by atoms with Crippen LogP contribution in [0.3, 0.4) is 0 Å². The molecule has 6 nitrogen and oxygen atoms in total. The molecule has 0 saturated carbocycles. The van der Waals surface area contributed by atoms with Crippen LogP contribution in [0.25, 0.3) is 17.2 Å². The lowest BCUT2D eigenvalue weighted by molar-refractivity contribution is 0.0788. The van der Waals surface area contributed by atoms with Crippen molar-refractivity contribution < 1.29 is 4.79 Å². The molecule has 0 spiro atoms. The van der Waals surface area contributed by atoms with Gasteiger partial charge in [0.2, 0.25) is 0 Å². The fraction of sp³-hybridized carbons (Fsp3) is 0.348. The van der Waals surface area contributed by atoms with Gasteiger partial charge in [0.05, 0.1) is 10.7 Å². The number of hydrogen-bond donors (Lipinski definition) is 1. The summed E-state index contributed by atoms with van der Waals surface area (Å²) in [4.78, 5) is 22.5. The summed E-state index contributed by atoms with van der Waals surface area (Å²) in [6, 6.07) is 8.65. The molecule has 0 aliphatic carbocycles. The van der Waals surface area contributed by atoms with Gasteiger partial charge in [0.25, 0.3) is 5.91 Å². The van der Waals surface area contributed by atoms with Crippen molar-refractivity contribution >= 4 is 40.7 Å². The highest BCUT2D eigenvalue weighted by molar-refractivity contribution is 6.36. The first kappa shape index (κ1) is 23.1. The van der Waals surface area contributed by atoms with Crippen LogP contribution in [0.2, 0.25) is 15.1 Å². The molecule has 3 heterocycles. The molecule has 4 rings (SSSR count). The second kappa shape index (κ2) is 10.2. The van der Waals surface area contributed by atoms with E-state index in [1.165, 1.54) is 12.8 Å². The van der Waals surface area contributed by atoms with E-state index in [0.29, 0.717) is 44.4 Å². The zero-order chi connectivity index (χ0) is 22.7. The summed E-state index contributed by atoms with van der Waals surface area (Å²) in [6.07, 6.45) is 6.68. The molecule has 32 heavy (non-hydrogen) atoms. The molecule has 1 amide bonds. The van der Waals surface area contributed by atoms with Gasteiger partial charge in [0, 0.05) is 41.0 Å². The lowest BCUT2D eigenvalue weighted by atomic mass is 10.2. The van der Waals surface area contributed by atoms with Crippen LogP contribution in [-0.2, 0) is 6.42 Å². The molecule has 0 bridgehead atoms. The van der Waals surface area contributed by atoms with Gasteiger partial charge < -0.3 is 0 Å². The first-order chi connectivity index (χ1) is 15.5. The maximum atomic E-state index is 13.3. The highest BCUT2D eigenvalue weighted by Crippen LogP contribution is 2.33. The first-order valence-electron chi connectivity index (χ1n) is 10.7. The highest BCUT2D eigenvalue weighted by atomic mass is 35.5. The van der Waals surface area contributed by atoms with Crippen LogP contribution in [0.15, 0.2) is 36.5 Å². The number of halogens is 3. The second-order valence-corrected chi connectivity index (χ2v) is 9.00. The average Bonchev–Trinajstić information content (AvgIpc) is 2.96. The molecule has 0 atom stereocenters. The van der Waals surface area contributed by atoms with E-state index in [1.54, 1.807) is 36.5 Å². The van der Waals surface area contributed by atoms with Gasteiger partial charge >= 0.3 is 0 Å². The monoisotopic (exact) mass is 491 g/mol.